The molecule has 0 N–H and O–H groups in total. The van der Waals surface area contributed by atoms with Crippen LogP contribution in [0.1, 0.15) is 25.0 Å². The lowest BCUT2D eigenvalue weighted by Gasteiger charge is -2.20. The second-order valence-corrected chi connectivity index (χ2v) is 7.39. The Morgan fingerprint density at radius 1 is 1.12 bits per heavy atom. The van der Waals surface area contributed by atoms with Crippen molar-refractivity contribution in [3.63, 3.8) is 0 Å². The molecule has 2 aromatic carbocycles. The van der Waals surface area contributed by atoms with Crippen LogP contribution in [-0.2, 0) is 11.2 Å². The molecule has 0 aliphatic carbocycles. The average Bonchev–Trinajstić information content (AvgIpc) is 3.14. The Morgan fingerprint density at radius 2 is 1.88 bits per heavy atom. The molecular formula is C27H28N3O2+. The number of carbonyl (C=O) groups excluding carboxylic acids is 1. The molecule has 0 aromatic heterocycles. The molecular weight excluding hydrogens is 398 g/mol. The largest absolute Gasteiger partial charge is 0.429 e. The number of fused-ring (bicyclic) bond motifs is 1. The number of hydrogen-bond donors (Lipinski definition) is 0. The molecule has 3 rings (SSSR count). The highest BCUT2D eigenvalue weighted by Gasteiger charge is 2.29. The fraction of sp³-hybridized carbons (Fsp3) is 0.222. The lowest BCUT2D eigenvalue weighted by atomic mass is 10.0. The minimum Gasteiger partial charge on any atom is -0.429 e. The Morgan fingerprint density at radius 3 is 2.53 bits per heavy atom. The maximum Gasteiger partial charge on any atom is 0.298 e. The van der Waals surface area contributed by atoms with Gasteiger partial charge in [0.2, 0.25) is 11.4 Å². The maximum absolute atomic E-state index is 10.6. The topological polar surface area (TPSA) is 56.3 Å². The van der Waals surface area contributed by atoms with E-state index in [0.717, 1.165) is 35.6 Å². The van der Waals surface area contributed by atoms with Crippen LogP contribution in [0.2, 0.25) is 0 Å². The van der Waals surface area contributed by atoms with Gasteiger partial charge in [-0.05, 0) is 49.8 Å². The summed E-state index contributed by atoms with van der Waals surface area (Å²) in [6.07, 6.45) is 10.3. The van der Waals surface area contributed by atoms with E-state index in [-0.39, 0.29) is 0 Å². The normalized spacial score (nSPS) is 13.5. The Bertz CT molecular complexity index is 1130. The smallest absolute Gasteiger partial charge is 0.298 e. The van der Waals surface area contributed by atoms with Gasteiger partial charge in [0.15, 0.2) is 0 Å². The maximum atomic E-state index is 10.6. The summed E-state index contributed by atoms with van der Waals surface area (Å²) in [4.78, 5) is 12.9. The zero-order valence-corrected chi connectivity index (χ0v) is 18.8. The molecule has 1 heterocycles. The van der Waals surface area contributed by atoms with Crippen LogP contribution in [0.25, 0.3) is 6.08 Å². The number of rotatable bonds is 9. The predicted octanol–water partition coefficient (Wildman–Crippen LogP) is 5.06. The molecule has 0 spiro atoms. The van der Waals surface area contributed by atoms with Crippen molar-refractivity contribution in [2.24, 2.45) is 0 Å². The molecule has 1 aliphatic rings. The van der Waals surface area contributed by atoms with Crippen LogP contribution in [0.15, 0.2) is 72.3 Å². The number of benzene rings is 2. The average molecular weight is 427 g/mol. The highest BCUT2D eigenvalue weighted by atomic mass is 16.5. The molecule has 0 saturated carbocycles. The van der Waals surface area contributed by atoms with Crippen molar-refractivity contribution in [3.05, 3.63) is 83.5 Å². The van der Waals surface area contributed by atoms with E-state index in [4.69, 9.17) is 4.74 Å². The van der Waals surface area contributed by atoms with E-state index in [9.17, 15) is 10.1 Å². The van der Waals surface area contributed by atoms with Gasteiger partial charge in [0.25, 0.3) is 6.47 Å². The third-order valence-corrected chi connectivity index (χ3v) is 5.59. The molecule has 2 aromatic rings. The fourth-order valence-corrected chi connectivity index (χ4v) is 3.85. The van der Waals surface area contributed by atoms with E-state index in [1.54, 1.807) is 6.07 Å². The van der Waals surface area contributed by atoms with Gasteiger partial charge in [-0.15, -0.1) is 0 Å². The summed E-state index contributed by atoms with van der Waals surface area (Å²) in [5.41, 5.74) is 5.93. The van der Waals surface area contributed by atoms with Crippen LogP contribution in [0.4, 0.5) is 11.4 Å². The molecule has 0 bridgehead atoms. The Hall–Kier alpha value is -3.91. The van der Waals surface area contributed by atoms with Crippen LogP contribution in [0.5, 0.6) is 5.75 Å². The first-order valence-corrected chi connectivity index (χ1v) is 10.7. The first-order valence-electron chi connectivity index (χ1n) is 10.7. The number of anilines is 1. The molecule has 0 radical (unpaired) electrons. The van der Waals surface area contributed by atoms with E-state index >= 15 is 0 Å². The van der Waals surface area contributed by atoms with Crippen LogP contribution >= 0.6 is 0 Å². The predicted molar refractivity (Wildman–Crippen MR) is 130 cm³/mol. The number of hydrogen-bond acceptors (Lipinski definition) is 4. The van der Waals surface area contributed by atoms with Crippen LogP contribution in [-0.4, -0.2) is 36.9 Å². The van der Waals surface area contributed by atoms with Gasteiger partial charge in [-0.2, -0.15) is 9.84 Å². The van der Waals surface area contributed by atoms with Crippen molar-refractivity contribution in [1.82, 2.24) is 0 Å². The second-order valence-electron chi connectivity index (χ2n) is 7.39. The van der Waals surface area contributed by atoms with Gasteiger partial charge in [0.05, 0.1) is 6.42 Å². The van der Waals surface area contributed by atoms with Crippen molar-refractivity contribution in [2.45, 2.75) is 20.3 Å². The van der Waals surface area contributed by atoms with Crippen molar-refractivity contribution in [3.8, 4) is 11.8 Å². The Kier molecular flexibility index (Phi) is 7.77. The third-order valence-electron chi connectivity index (χ3n) is 5.59. The summed E-state index contributed by atoms with van der Waals surface area (Å²) >= 11 is 0. The van der Waals surface area contributed by atoms with Crippen LogP contribution < -0.4 is 9.64 Å². The summed E-state index contributed by atoms with van der Waals surface area (Å²) in [6, 6.07) is 16.3. The zero-order valence-electron chi connectivity index (χ0n) is 18.8. The van der Waals surface area contributed by atoms with E-state index in [1.807, 2.05) is 54.1 Å². The monoisotopic (exact) mass is 426 g/mol. The van der Waals surface area contributed by atoms with Crippen LogP contribution in [0, 0.1) is 11.3 Å². The number of nitriles is 1. The molecule has 5 heteroatoms. The number of carbonyl (C=O) groups is 1. The zero-order chi connectivity index (χ0) is 22.9. The van der Waals surface area contributed by atoms with E-state index in [1.165, 1.54) is 5.69 Å². The van der Waals surface area contributed by atoms with E-state index in [0.29, 0.717) is 24.2 Å². The van der Waals surface area contributed by atoms with Crippen molar-refractivity contribution >= 4 is 29.6 Å². The molecule has 0 amide bonds. The van der Waals surface area contributed by atoms with Crippen molar-refractivity contribution in [1.29, 1.82) is 5.26 Å². The van der Waals surface area contributed by atoms with Crippen molar-refractivity contribution in [2.75, 3.05) is 25.0 Å². The summed E-state index contributed by atoms with van der Waals surface area (Å²) in [5, 5.41) is 9.68. The summed E-state index contributed by atoms with van der Waals surface area (Å²) < 4.78 is 6.95. The molecule has 162 valence electrons. The van der Waals surface area contributed by atoms with Gasteiger partial charge in [-0.1, -0.05) is 36.4 Å². The van der Waals surface area contributed by atoms with E-state index in [2.05, 4.69) is 49.1 Å². The quantitative estimate of drug-likeness (QED) is 0.243. The lowest BCUT2D eigenvalue weighted by molar-refractivity contribution is -0.401. The highest BCUT2D eigenvalue weighted by molar-refractivity contribution is 6.04. The first kappa shape index (κ1) is 22.8. The van der Waals surface area contributed by atoms with E-state index < -0.39 is 0 Å². The molecule has 0 saturated heterocycles. The van der Waals surface area contributed by atoms with Gasteiger partial charge in [-0.25, -0.2) is 0 Å². The number of allylic oxidation sites excluding steroid dienone is 5. The Labute approximate surface area is 189 Å². The van der Waals surface area contributed by atoms with Crippen molar-refractivity contribution < 1.29 is 14.1 Å². The number of nitrogens with zero attached hydrogens (tertiary/aromatic N) is 3. The van der Waals surface area contributed by atoms with Gasteiger partial charge < -0.3 is 9.64 Å². The molecule has 32 heavy (non-hydrogen) atoms. The minimum atomic E-state index is 0.420. The van der Waals surface area contributed by atoms with Gasteiger partial charge >= 0.3 is 0 Å². The molecule has 0 fully saturated rings. The third kappa shape index (κ3) is 5.22. The minimum absolute atomic E-state index is 0.420. The summed E-state index contributed by atoms with van der Waals surface area (Å²) in [7, 11) is 1.94. The lowest BCUT2D eigenvalue weighted by Crippen LogP contribution is -2.21. The molecule has 0 atom stereocenters. The van der Waals surface area contributed by atoms with Gasteiger partial charge in [0.1, 0.15) is 24.4 Å². The molecule has 1 aliphatic heterocycles. The molecule has 5 nitrogen and oxygen atoms in total. The second kappa shape index (κ2) is 10.9. The van der Waals surface area contributed by atoms with Crippen LogP contribution in [0.3, 0.4) is 0 Å². The standard InChI is InChI=1S/C27H28N3O2/c1-4-30(5-2)24-13-11-21(12-14-24)9-7-6-8-10-22(19-28)27-18-23-17-25(32-20-31)15-16-26(23)29(27)3/h6-17,20H,4-5,18H2,1-3H3/q+1. The molecule has 0 unspecified atom stereocenters. The van der Waals surface area contributed by atoms with Gasteiger partial charge in [-0.3, -0.25) is 4.79 Å². The Balaban J connectivity index is 1.68. The number of ether oxygens (including phenoxy) is 1. The SMILES string of the molecule is CCN(CC)c1ccc(/C=C/C=C/C=C(\C#N)C2=[N+](C)c3ccc(OC=O)cc3C2)cc1. The summed E-state index contributed by atoms with van der Waals surface area (Å²) in [5.74, 6) is 0.506. The fourth-order valence-electron chi connectivity index (χ4n) is 3.85. The summed E-state index contributed by atoms with van der Waals surface area (Å²) in [6.45, 7) is 6.73. The van der Waals surface area contributed by atoms with Gasteiger partial charge in [0, 0.05) is 30.4 Å². The first-order chi connectivity index (χ1) is 15.6. The highest BCUT2D eigenvalue weighted by Crippen LogP contribution is 2.30.